The lowest BCUT2D eigenvalue weighted by Crippen LogP contribution is -2.48. The van der Waals surface area contributed by atoms with Crippen molar-refractivity contribution in [2.45, 2.75) is 58.1 Å². The van der Waals surface area contributed by atoms with Crippen LogP contribution in [0.1, 0.15) is 45.6 Å². The predicted octanol–water partition coefficient (Wildman–Crippen LogP) is 2.84. The fraction of sp³-hybridized carbons (Fsp3) is 0.571. The Kier molecular flexibility index (Phi) is 7.43. The summed E-state index contributed by atoms with van der Waals surface area (Å²) in [7, 11) is 0. The largest absolute Gasteiger partial charge is 0.481 e. The number of piperidine rings is 1. The molecule has 0 spiro atoms. The molecule has 0 saturated carbocycles. The molecule has 154 valence electrons. The molecule has 7 nitrogen and oxygen atoms in total. The SMILES string of the molecule is CC(C)(C)OC(=O)NC1CCN(C(=O)C[C@@H](Cc2ccccc2)C(=O)O)CC1. The van der Waals surface area contributed by atoms with E-state index in [0.717, 1.165) is 5.56 Å². The lowest BCUT2D eigenvalue weighted by atomic mass is 9.95. The molecule has 1 aromatic carbocycles. The minimum absolute atomic E-state index is 0.0195. The summed E-state index contributed by atoms with van der Waals surface area (Å²) in [5, 5.41) is 12.3. The zero-order valence-electron chi connectivity index (χ0n) is 16.8. The maximum atomic E-state index is 12.6. The van der Waals surface area contributed by atoms with Crippen LogP contribution in [-0.4, -0.2) is 52.7 Å². The Balaban J connectivity index is 1.81. The Morgan fingerprint density at radius 2 is 1.79 bits per heavy atom. The molecule has 1 aliphatic rings. The first-order valence-corrected chi connectivity index (χ1v) is 9.68. The van der Waals surface area contributed by atoms with Gasteiger partial charge < -0.3 is 20.1 Å². The fourth-order valence-electron chi connectivity index (χ4n) is 3.23. The van der Waals surface area contributed by atoms with Crippen LogP contribution in [-0.2, 0) is 20.7 Å². The summed E-state index contributed by atoms with van der Waals surface area (Å²) in [6.07, 6.45) is 1.11. The molecular weight excluding hydrogens is 360 g/mol. The molecule has 1 saturated heterocycles. The number of aliphatic carboxylic acids is 1. The zero-order valence-corrected chi connectivity index (χ0v) is 16.8. The van der Waals surface area contributed by atoms with E-state index < -0.39 is 23.6 Å². The average Bonchev–Trinajstić information content (AvgIpc) is 2.60. The molecule has 0 unspecified atom stereocenters. The van der Waals surface area contributed by atoms with Crippen molar-refractivity contribution in [3.8, 4) is 0 Å². The van der Waals surface area contributed by atoms with Crippen LogP contribution in [0, 0.1) is 5.92 Å². The summed E-state index contributed by atoms with van der Waals surface area (Å²) in [6.45, 7) is 6.42. The molecule has 28 heavy (non-hydrogen) atoms. The summed E-state index contributed by atoms with van der Waals surface area (Å²) < 4.78 is 5.25. The molecule has 1 aliphatic heterocycles. The molecule has 1 atom stereocenters. The predicted molar refractivity (Wildman–Crippen MR) is 105 cm³/mol. The normalized spacial score (nSPS) is 16.3. The number of alkyl carbamates (subject to hydrolysis) is 1. The topological polar surface area (TPSA) is 95.9 Å². The first-order chi connectivity index (χ1) is 13.1. The number of likely N-dealkylation sites (tertiary alicyclic amines) is 1. The third kappa shape index (κ3) is 7.21. The molecule has 2 amide bonds. The minimum atomic E-state index is -0.960. The number of amides is 2. The van der Waals surface area contributed by atoms with Crippen molar-refractivity contribution in [2.24, 2.45) is 5.92 Å². The van der Waals surface area contributed by atoms with Crippen LogP contribution in [0.5, 0.6) is 0 Å². The van der Waals surface area contributed by atoms with E-state index in [4.69, 9.17) is 4.74 Å². The van der Waals surface area contributed by atoms with Crippen molar-refractivity contribution < 1.29 is 24.2 Å². The van der Waals surface area contributed by atoms with Gasteiger partial charge in [0.05, 0.1) is 5.92 Å². The Morgan fingerprint density at radius 3 is 2.32 bits per heavy atom. The lowest BCUT2D eigenvalue weighted by Gasteiger charge is -2.33. The summed E-state index contributed by atoms with van der Waals surface area (Å²) in [5.74, 6) is -1.86. The fourth-order valence-corrected chi connectivity index (χ4v) is 3.23. The minimum Gasteiger partial charge on any atom is -0.481 e. The molecule has 0 aromatic heterocycles. The smallest absolute Gasteiger partial charge is 0.407 e. The molecule has 2 N–H and O–H groups in total. The molecule has 1 fully saturated rings. The molecule has 2 rings (SSSR count). The summed E-state index contributed by atoms with van der Waals surface area (Å²) in [6, 6.07) is 9.29. The number of benzene rings is 1. The summed E-state index contributed by atoms with van der Waals surface area (Å²) in [5.41, 5.74) is 0.355. The Hall–Kier alpha value is -2.57. The van der Waals surface area contributed by atoms with Crippen LogP contribution in [0.2, 0.25) is 0 Å². The highest BCUT2D eigenvalue weighted by Crippen LogP contribution is 2.18. The quantitative estimate of drug-likeness (QED) is 0.779. The number of nitrogens with one attached hydrogen (secondary N) is 1. The van der Waals surface area contributed by atoms with Crippen molar-refractivity contribution in [3.63, 3.8) is 0 Å². The third-order valence-electron chi connectivity index (χ3n) is 4.66. The van der Waals surface area contributed by atoms with Gasteiger partial charge in [-0.1, -0.05) is 30.3 Å². The van der Waals surface area contributed by atoms with Crippen molar-refractivity contribution in [2.75, 3.05) is 13.1 Å². The van der Waals surface area contributed by atoms with Crippen molar-refractivity contribution in [3.05, 3.63) is 35.9 Å². The second-order valence-electron chi connectivity index (χ2n) is 8.23. The van der Waals surface area contributed by atoms with E-state index in [0.29, 0.717) is 32.4 Å². The van der Waals surface area contributed by atoms with E-state index in [9.17, 15) is 19.5 Å². The number of ether oxygens (including phenoxy) is 1. The van der Waals surface area contributed by atoms with E-state index in [-0.39, 0.29) is 18.4 Å². The second-order valence-corrected chi connectivity index (χ2v) is 8.23. The van der Waals surface area contributed by atoms with E-state index in [2.05, 4.69) is 5.32 Å². The number of carboxylic acids is 1. The van der Waals surface area contributed by atoms with Crippen molar-refractivity contribution >= 4 is 18.0 Å². The number of hydrogen-bond donors (Lipinski definition) is 2. The van der Waals surface area contributed by atoms with Gasteiger partial charge in [0.1, 0.15) is 5.60 Å². The van der Waals surface area contributed by atoms with Gasteiger partial charge in [-0.3, -0.25) is 9.59 Å². The molecule has 1 aromatic rings. The monoisotopic (exact) mass is 390 g/mol. The Bertz CT molecular complexity index is 676. The van der Waals surface area contributed by atoms with Crippen LogP contribution in [0.4, 0.5) is 4.79 Å². The highest BCUT2D eigenvalue weighted by atomic mass is 16.6. The van der Waals surface area contributed by atoms with Gasteiger partial charge in [0.2, 0.25) is 5.91 Å². The zero-order chi connectivity index (χ0) is 20.7. The Labute approximate surface area is 166 Å². The number of rotatable bonds is 6. The molecule has 0 aliphatic carbocycles. The van der Waals surface area contributed by atoms with E-state index in [1.807, 2.05) is 51.1 Å². The van der Waals surface area contributed by atoms with Gasteiger partial charge in [-0.2, -0.15) is 0 Å². The number of nitrogens with zero attached hydrogens (tertiary/aromatic N) is 1. The molecule has 0 radical (unpaired) electrons. The number of carbonyl (C=O) groups is 3. The van der Waals surface area contributed by atoms with Gasteiger partial charge in [0.15, 0.2) is 0 Å². The lowest BCUT2D eigenvalue weighted by molar-refractivity contribution is -0.146. The molecule has 1 heterocycles. The maximum absolute atomic E-state index is 12.6. The van der Waals surface area contributed by atoms with Crippen molar-refractivity contribution in [1.82, 2.24) is 10.2 Å². The van der Waals surface area contributed by atoms with Crippen LogP contribution in [0.25, 0.3) is 0 Å². The van der Waals surface area contributed by atoms with Crippen LogP contribution >= 0.6 is 0 Å². The second kappa shape index (κ2) is 9.57. The highest BCUT2D eigenvalue weighted by Gasteiger charge is 2.29. The third-order valence-corrected chi connectivity index (χ3v) is 4.66. The van der Waals surface area contributed by atoms with Crippen LogP contribution in [0.15, 0.2) is 30.3 Å². The molecule has 0 bridgehead atoms. The number of hydrogen-bond acceptors (Lipinski definition) is 4. The molecular formula is C21H30N2O5. The van der Waals surface area contributed by atoms with E-state index >= 15 is 0 Å². The van der Waals surface area contributed by atoms with Gasteiger partial charge in [-0.25, -0.2) is 4.79 Å². The van der Waals surface area contributed by atoms with Crippen molar-refractivity contribution in [1.29, 1.82) is 0 Å². The average molecular weight is 390 g/mol. The van der Waals surface area contributed by atoms with Crippen LogP contribution in [0.3, 0.4) is 0 Å². The van der Waals surface area contributed by atoms with Gasteiger partial charge in [-0.05, 0) is 45.6 Å². The van der Waals surface area contributed by atoms with E-state index in [1.165, 1.54) is 0 Å². The first-order valence-electron chi connectivity index (χ1n) is 9.68. The van der Waals surface area contributed by atoms with Gasteiger partial charge in [0.25, 0.3) is 0 Å². The van der Waals surface area contributed by atoms with Gasteiger partial charge in [-0.15, -0.1) is 0 Å². The highest BCUT2D eigenvalue weighted by molar-refractivity contribution is 5.82. The van der Waals surface area contributed by atoms with E-state index in [1.54, 1.807) is 4.90 Å². The summed E-state index contributed by atoms with van der Waals surface area (Å²) in [4.78, 5) is 37.7. The van der Waals surface area contributed by atoms with Gasteiger partial charge in [0, 0.05) is 25.6 Å². The maximum Gasteiger partial charge on any atom is 0.407 e. The standard InChI is InChI=1S/C21H30N2O5/c1-21(2,3)28-20(27)22-17-9-11-23(12-10-17)18(24)14-16(19(25)26)13-15-7-5-4-6-8-15/h4-8,16-17H,9-14H2,1-3H3,(H,22,27)(H,25,26)/t16-/m1/s1. The summed E-state index contributed by atoms with van der Waals surface area (Å²) >= 11 is 0. The van der Waals surface area contributed by atoms with Gasteiger partial charge >= 0.3 is 12.1 Å². The number of carboxylic acid groups (broad SMARTS) is 1. The first kappa shape index (κ1) is 21.7. The number of carbonyl (C=O) groups excluding carboxylic acids is 2. The Morgan fingerprint density at radius 1 is 1.18 bits per heavy atom. The molecule has 7 heteroatoms. The van der Waals surface area contributed by atoms with Crippen LogP contribution < -0.4 is 5.32 Å².